The minimum absolute atomic E-state index is 0.0483. The Labute approximate surface area is 187 Å². The molecule has 0 unspecified atom stereocenters. The van der Waals surface area contributed by atoms with E-state index in [-0.39, 0.29) is 18.4 Å². The molecule has 1 aliphatic heterocycles. The average Bonchev–Trinajstić information content (AvgIpc) is 3.23. The molecule has 3 heterocycles. The fraction of sp³-hybridized carbons (Fsp3) is 0.381. The number of amides is 1. The minimum Gasteiger partial charge on any atom is -0.481 e. The Balaban J connectivity index is 1.55. The van der Waals surface area contributed by atoms with Crippen molar-refractivity contribution in [3.63, 3.8) is 0 Å². The molecule has 32 heavy (non-hydrogen) atoms. The van der Waals surface area contributed by atoms with E-state index in [1.807, 2.05) is 6.07 Å². The van der Waals surface area contributed by atoms with Crippen LogP contribution in [-0.2, 0) is 9.59 Å². The molecule has 3 aromatic rings. The van der Waals surface area contributed by atoms with Crippen LogP contribution in [0.5, 0.6) is 0 Å². The number of aromatic nitrogens is 3. The maximum absolute atomic E-state index is 12.6. The Morgan fingerprint density at radius 1 is 1.22 bits per heavy atom. The Kier molecular flexibility index (Phi) is 6.47. The smallest absolute Gasteiger partial charge is 0.303 e. The lowest BCUT2D eigenvalue weighted by atomic mass is 10.1. The molecule has 2 aromatic heterocycles. The molecule has 1 saturated heterocycles. The monoisotopic (exact) mass is 456 g/mol. The Morgan fingerprint density at radius 2 is 2.00 bits per heavy atom. The predicted molar refractivity (Wildman–Crippen MR) is 122 cm³/mol. The van der Waals surface area contributed by atoms with Crippen LogP contribution in [0.1, 0.15) is 32.1 Å². The minimum atomic E-state index is -1.00. The number of carbonyl (C=O) groups excluding carboxylic acids is 1. The number of nitrogens with zero attached hydrogens (tertiary/aromatic N) is 4. The van der Waals surface area contributed by atoms with Crippen molar-refractivity contribution < 1.29 is 14.7 Å². The van der Waals surface area contributed by atoms with Gasteiger partial charge >= 0.3 is 5.97 Å². The molecule has 10 nitrogen and oxygen atoms in total. The van der Waals surface area contributed by atoms with E-state index in [0.29, 0.717) is 21.5 Å². The molecule has 11 heteroatoms. The highest BCUT2D eigenvalue weighted by Crippen LogP contribution is 2.27. The van der Waals surface area contributed by atoms with Crippen molar-refractivity contribution in [2.45, 2.75) is 38.1 Å². The zero-order valence-corrected chi connectivity index (χ0v) is 18.2. The molecular weight excluding hydrogens is 432 g/mol. The number of benzene rings is 1. The molecule has 0 aliphatic carbocycles. The summed E-state index contributed by atoms with van der Waals surface area (Å²) < 4.78 is 1.29. The zero-order valence-electron chi connectivity index (χ0n) is 17.4. The van der Waals surface area contributed by atoms with Crippen LogP contribution in [0.15, 0.2) is 35.1 Å². The topological polar surface area (TPSA) is 143 Å². The number of anilines is 2. The molecule has 0 spiro atoms. The van der Waals surface area contributed by atoms with Gasteiger partial charge in [0, 0.05) is 36.8 Å². The van der Waals surface area contributed by atoms with Gasteiger partial charge in [-0.1, -0.05) is 23.5 Å². The SMILES string of the molecule is N[C@H](CCC(=O)O)C(=O)Nc1cccc(-c2nn3c(=O)cc(N4CCCCC4)nc3s2)c1. The number of piperidine rings is 1. The summed E-state index contributed by atoms with van der Waals surface area (Å²) >= 11 is 1.30. The van der Waals surface area contributed by atoms with Crippen LogP contribution in [-0.4, -0.2) is 50.7 Å². The molecule has 0 bridgehead atoms. The molecule has 4 N–H and O–H groups in total. The molecule has 1 amide bonds. The standard InChI is InChI=1S/C21H24N6O4S/c22-15(7-8-18(29)30)19(31)23-14-6-4-5-13(11-14)20-25-27-17(28)12-16(24-21(27)32-20)26-9-2-1-3-10-26/h4-6,11-12,15H,1-3,7-10,22H2,(H,23,31)(H,29,30)/t15-/m1/s1. The van der Waals surface area contributed by atoms with E-state index in [1.165, 1.54) is 28.3 Å². The fourth-order valence-electron chi connectivity index (χ4n) is 3.58. The van der Waals surface area contributed by atoms with Crippen LogP contribution >= 0.6 is 11.3 Å². The van der Waals surface area contributed by atoms with E-state index in [1.54, 1.807) is 18.2 Å². The van der Waals surface area contributed by atoms with E-state index >= 15 is 0 Å². The molecule has 1 aliphatic rings. The normalized spacial score (nSPS) is 15.0. The maximum Gasteiger partial charge on any atom is 0.303 e. The Bertz CT molecular complexity index is 1200. The lowest BCUT2D eigenvalue weighted by Crippen LogP contribution is -2.36. The third-order valence-corrected chi connectivity index (χ3v) is 6.25. The summed E-state index contributed by atoms with van der Waals surface area (Å²) in [4.78, 5) is 42.8. The average molecular weight is 457 g/mol. The van der Waals surface area contributed by atoms with Gasteiger partial charge in [0.05, 0.1) is 6.04 Å². The lowest BCUT2D eigenvalue weighted by Gasteiger charge is -2.27. The van der Waals surface area contributed by atoms with Crippen molar-refractivity contribution >= 4 is 39.7 Å². The van der Waals surface area contributed by atoms with Gasteiger partial charge in [0.25, 0.3) is 5.56 Å². The van der Waals surface area contributed by atoms with Gasteiger partial charge in [-0.2, -0.15) is 9.61 Å². The number of rotatable bonds is 7. The fourth-order valence-corrected chi connectivity index (χ4v) is 4.47. The second kappa shape index (κ2) is 9.45. The first-order valence-corrected chi connectivity index (χ1v) is 11.3. The van der Waals surface area contributed by atoms with Crippen LogP contribution in [0.25, 0.3) is 15.5 Å². The van der Waals surface area contributed by atoms with Gasteiger partial charge in [-0.25, -0.2) is 4.98 Å². The lowest BCUT2D eigenvalue weighted by molar-refractivity contribution is -0.137. The van der Waals surface area contributed by atoms with Gasteiger partial charge in [-0.3, -0.25) is 14.4 Å². The number of hydrogen-bond acceptors (Lipinski definition) is 8. The zero-order chi connectivity index (χ0) is 22.7. The van der Waals surface area contributed by atoms with Crippen LogP contribution in [0, 0.1) is 0 Å². The van der Waals surface area contributed by atoms with E-state index in [9.17, 15) is 14.4 Å². The number of carboxylic acids is 1. The molecule has 1 atom stereocenters. The number of fused-ring (bicyclic) bond motifs is 1. The van der Waals surface area contributed by atoms with Crippen molar-refractivity contribution in [1.82, 2.24) is 14.6 Å². The van der Waals surface area contributed by atoms with Crippen molar-refractivity contribution in [2.24, 2.45) is 5.73 Å². The Hall–Kier alpha value is -3.31. The highest BCUT2D eigenvalue weighted by molar-refractivity contribution is 7.19. The van der Waals surface area contributed by atoms with Crippen LogP contribution in [0.3, 0.4) is 0 Å². The van der Waals surface area contributed by atoms with E-state index in [4.69, 9.17) is 10.8 Å². The van der Waals surface area contributed by atoms with Gasteiger partial charge in [0.1, 0.15) is 10.8 Å². The van der Waals surface area contributed by atoms with E-state index in [2.05, 4.69) is 20.3 Å². The molecule has 1 aromatic carbocycles. The summed E-state index contributed by atoms with van der Waals surface area (Å²) in [6, 6.07) is 7.63. The summed E-state index contributed by atoms with van der Waals surface area (Å²) in [5.41, 5.74) is 6.77. The third-order valence-electron chi connectivity index (χ3n) is 5.29. The van der Waals surface area contributed by atoms with Gasteiger partial charge in [-0.15, -0.1) is 0 Å². The van der Waals surface area contributed by atoms with E-state index < -0.39 is 17.9 Å². The summed E-state index contributed by atoms with van der Waals surface area (Å²) in [6.45, 7) is 1.79. The van der Waals surface area contributed by atoms with Gasteiger partial charge in [0.2, 0.25) is 10.9 Å². The first-order chi connectivity index (χ1) is 15.4. The van der Waals surface area contributed by atoms with Crippen molar-refractivity contribution in [1.29, 1.82) is 0 Å². The summed E-state index contributed by atoms with van der Waals surface area (Å²) in [6.07, 6.45) is 3.24. The van der Waals surface area contributed by atoms with E-state index in [0.717, 1.165) is 31.5 Å². The highest BCUT2D eigenvalue weighted by atomic mass is 32.1. The molecule has 0 radical (unpaired) electrons. The molecule has 1 fully saturated rings. The van der Waals surface area contributed by atoms with Crippen LogP contribution in [0.2, 0.25) is 0 Å². The second-order valence-electron chi connectivity index (χ2n) is 7.71. The second-order valence-corrected chi connectivity index (χ2v) is 8.67. The summed E-state index contributed by atoms with van der Waals surface area (Å²) in [5, 5.41) is 16.4. The van der Waals surface area contributed by atoms with Gasteiger partial charge in [-0.05, 0) is 37.8 Å². The number of aliphatic carboxylic acids is 1. The summed E-state index contributed by atoms with van der Waals surface area (Å²) in [7, 11) is 0. The maximum atomic E-state index is 12.6. The first-order valence-electron chi connectivity index (χ1n) is 10.5. The number of carboxylic acid groups (broad SMARTS) is 1. The van der Waals surface area contributed by atoms with Crippen molar-refractivity contribution in [3.8, 4) is 10.6 Å². The predicted octanol–water partition coefficient (Wildman–Crippen LogP) is 1.94. The van der Waals surface area contributed by atoms with Gasteiger partial charge in [0.15, 0.2) is 0 Å². The quantitative estimate of drug-likeness (QED) is 0.489. The molecular formula is C21H24N6O4S. The molecule has 168 valence electrons. The number of carbonyl (C=O) groups is 2. The van der Waals surface area contributed by atoms with Crippen LogP contribution in [0.4, 0.5) is 11.5 Å². The van der Waals surface area contributed by atoms with Crippen LogP contribution < -0.4 is 21.5 Å². The molecule has 0 saturated carbocycles. The Morgan fingerprint density at radius 3 is 2.75 bits per heavy atom. The summed E-state index contributed by atoms with van der Waals surface area (Å²) in [5.74, 6) is -0.781. The third kappa shape index (κ3) is 4.94. The number of nitrogens with two attached hydrogens (primary N) is 1. The molecule has 4 rings (SSSR count). The van der Waals surface area contributed by atoms with Crippen molar-refractivity contribution in [3.05, 3.63) is 40.7 Å². The highest BCUT2D eigenvalue weighted by Gasteiger charge is 2.18. The number of hydrogen-bond donors (Lipinski definition) is 3. The number of nitrogens with one attached hydrogen (secondary N) is 1. The largest absolute Gasteiger partial charge is 0.481 e. The first kappa shape index (κ1) is 21.9. The van der Waals surface area contributed by atoms with Crippen molar-refractivity contribution in [2.75, 3.05) is 23.3 Å². The van der Waals surface area contributed by atoms with Gasteiger partial charge < -0.3 is 21.1 Å².